The van der Waals surface area contributed by atoms with Gasteiger partial charge in [0.05, 0.1) is 17.3 Å². The molecule has 2 N–H and O–H groups in total. The second-order valence-corrected chi connectivity index (χ2v) is 6.06. The van der Waals surface area contributed by atoms with E-state index in [0.717, 1.165) is 32.4 Å². The summed E-state index contributed by atoms with van der Waals surface area (Å²) in [6, 6.07) is 3.33. The van der Waals surface area contributed by atoms with E-state index < -0.39 is 11.9 Å². The highest BCUT2D eigenvalue weighted by Gasteiger charge is 2.23. The Labute approximate surface area is 140 Å². The largest absolute Gasteiger partial charge is 0.375 e. The summed E-state index contributed by atoms with van der Waals surface area (Å²) in [5.74, 6) is -0.813. The maximum Gasteiger partial charge on any atom is 0.244 e. The van der Waals surface area contributed by atoms with Crippen LogP contribution in [0.25, 0.3) is 0 Å². The van der Waals surface area contributed by atoms with Crippen LogP contribution in [0.3, 0.4) is 0 Å². The minimum atomic E-state index is -0.564. The molecule has 1 heterocycles. The summed E-state index contributed by atoms with van der Waals surface area (Å²) in [6.45, 7) is 3.15. The number of hydrogen-bond donors (Lipinski definition) is 2. The molecule has 0 saturated carbocycles. The quantitative estimate of drug-likeness (QED) is 0.864. The van der Waals surface area contributed by atoms with E-state index in [1.54, 1.807) is 11.8 Å². The first kappa shape index (κ1) is 17.5. The number of hydrogen-bond acceptors (Lipinski definition) is 3. The molecule has 0 aliphatic carbocycles. The smallest absolute Gasteiger partial charge is 0.244 e. The molecule has 1 aromatic rings. The van der Waals surface area contributed by atoms with Crippen LogP contribution in [-0.4, -0.2) is 42.4 Å². The average molecular weight is 342 g/mol. The minimum Gasteiger partial charge on any atom is -0.375 e. The molecule has 1 saturated heterocycles. The third kappa shape index (κ3) is 5.10. The number of likely N-dealkylation sites (tertiary alicyclic amines) is 1. The van der Waals surface area contributed by atoms with E-state index in [4.69, 9.17) is 11.6 Å². The van der Waals surface area contributed by atoms with Crippen molar-refractivity contribution in [3.63, 3.8) is 0 Å². The Hall–Kier alpha value is -1.82. The number of halogens is 2. The molecule has 1 aliphatic rings. The van der Waals surface area contributed by atoms with E-state index >= 15 is 0 Å². The van der Waals surface area contributed by atoms with Crippen LogP contribution in [0.2, 0.25) is 5.02 Å². The number of benzene rings is 1. The molecule has 0 radical (unpaired) electrons. The molecule has 1 atom stereocenters. The van der Waals surface area contributed by atoms with E-state index in [9.17, 15) is 14.0 Å². The Morgan fingerprint density at radius 2 is 2.00 bits per heavy atom. The second-order valence-electron chi connectivity index (χ2n) is 5.65. The summed E-state index contributed by atoms with van der Waals surface area (Å²) >= 11 is 5.88. The second kappa shape index (κ2) is 8.15. The van der Waals surface area contributed by atoms with Crippen molar-refractivity contribution in [2.45, 2.75) is 32.2 Å². The third-order valence-electron chi connectivity index (χ3n) is 3.79. The topological polar surface area (TPSA) is 61.4 Å². The van der Waals surface area contributed by atoms with E-state index in [1.165, 1.54) is 18.2 Å². The van der Waals surface area contributed by atoms with Gasteiger partial charge in [0.15, 0.2) is 0 Å². The molecule has 23 heavy (non-hydrogen) atoms. The molecule has 2 amide bonds. The zero-order valence-electron chi connectivity index (χ0n) is 13.1. The summed E-state index contributed by atoms with van der Waals surface area (Å²) < 4.78 is 13.0. The molecule has 5 nitrogen and oxygen atoms in total. The molecular weight excluding hydrogens is 321 g/mol. The number of anilines is 1. The minimum absolute atomic E-state index is 0.0387. The first-order chi connectivity index (χ1) is 11.0. The number of carbonyl (C=O) groups is 2. The van der Waals surface area contributed by atoms with Gasteiger partial charge in [-0.3, -0.25) is 9.59 Å². The zero-order chi connectivity index (χ0) is 16.8. The van der Waals surface area contributed by atoms with Gasteiger partial charge in [0.25, 0.3) is 0 Å². The van der Waals surface area contributed by atoms with Gasteiger partial charge in [-0.1, -0.05) is 11.6 Å². The molecular formula is C16H21ClFN3O2. The van der Waals surface area contributed by atoms with Crippen molar-refractivity contribution in [3.8, 4) is 0 Å². The average Bonchev–Trinajstić information content (AvgIpc) is 2.54. The van der Waals surface area contributed by atoms with Crippen molar-refractivity contribution < 1.29 is 14.0 Å². The maximum atomic E-state index is 13.0. The highest BCUT2D eigenvalue weighted by molar-refractivity contribution is 6.33. The van der Waals surface area contributed by atoms with Crippen molar-refractivity contribution in [2.24, 2.45) is 0 Å². The third-order valence-corrected chi connectivity index (χ3v) is 4.10. The Morgan fingerprint density at radius 3 is 2.65 bits per heavy atom. The van der Waals surface area contributed by atoms with Gasteiger partial charge in [0, 0.05) is 13.1 Å². The first-order valence-electron chi connectivity index (χ1n) is 7.74. The standard InChI is InChI=1S/C16H21ClFN3O2/c1-11(16(23)21-7-3-2-4-8-21)20-15(22)10-19-14-6-5-12(18)9-13(14)17/h5-6,9,11,19H,2-4,7-8,10H2,1H3,(H,20,22)/t11-/m0/s1. The zero-order valence-corrected chi connectivity index (χ0v) is 13.8. The lowest BCUT2D eigenvalue weighted by Crippen LogP contribution is -2.49. The monoisotopic (exact) mass is 341 g/mol. The molecule has 0 spiro atoms. The van der Waals surface area contributed by atoms with Crippen LogP contribution in [0.15, 0.2) is 18.2 Å². The van der Waals surface area contributed by atoms with E-state index in [2.05, 4.69) is 10.6 Å². The molecule has 7 heteroatoms. The van der Waals surface area contributed by atoms with Crippen LogP contribution in [-0.2, 0) is 9.59 Å². The number of piperidine rings is 1. The van der Waals surface area contributed by atoms with Gasteiger partial charge in [-0.05, 0) is 44.4 Å². The molecule has 1 fully saturated rings. The Kier molecular flexibility index (Phi) is 6.21. The molecule has 0 aromatic heterocycles. The van der Waals surface area contributed by atoms with Crippen molar-refractivity contribution >= 4 is 29.1 Å². The number of carbonyl (C=O) groups excluding carboxylic acids is 2. The molecule has 0 unspecified atom stereocenters. The fourth-order valence-corrected chi connectivity index (χ4v) is 2.78. The lowest BCUT2D eigenvalue weighted by Gasteiger charge is -2.29. The van der Waals surface area contributed by atoms with Gasteiger partial charge in [-0.25, -0.2) is 4.39 Å². The highest BCUT2D eigenvalue weighted by Crippen LogP contribution is 2.21. The fraction of sp³-hybridized carbons (Fsp3) is 0.500. The summed E-state index contributed by atoms with van der Waals surface area (Å²) in [5.41, 5.74) is 0.471. The lowest BCUT2D eigenvalue weighted by atomic mass is 10.1. The van der Waals surface area contributed by atoms with Gasteiger partial charge in [-0.15, -0.1) is 0 Å². The van der Waals surface area contributed by atoms with Gasteiger partial charge >= 0.3 is 0 Å². The molecule has 0 bridgehead atoms. The van der Waals surface area contributed by atoms with Crippen LogP contribution in [0, 0.1) is 5.82 Å². The van der Waals surface area contributed by atoms with E-state index in [1.807, 2.05) is 0 Å². The van der Waals surface area contributed by atoms with Crippen LogP contribution < -0.4 is 10.6 Å². The first-order valence-corrected chi connectivity index (χ1v) is 8.12. The molecule has 1 aliphatic heterocycles. The normalized spacial score (nSPS) is 15.9. The van der Waals surface area contributed by atoms with Crippen LogP contribution in [0.1, 0.15) is 26.2 Å². The predicted octanol–water partition coefficient (Wildman–Crippen LogP) is 2.41. The Balaban J connectivity index is 1.80. The Bertz CT molecular complexity index is 576. The molecule has 1 aromatic carbocycles. The highest BCUT2D eigenvalue weighted by atomic mass is 35.5. The number of rotatable bonds is 5. The van der Waals surface area contributed by atoms with Crippen molar-refractivity contribution in [3.05, 3.63) is 29.0 Å². The number of nitrogens with one attached hydrogen (secondary N) is 2. The maximum absolute atomic E-state index is 13.0. The number of nitrogens with zero attached hydrogens (tertiary/aromatic N) is 1. The molecule has 2 rings (SSSR count). The predicted molar refractivity (Wildman–Crippen MR) is 87.9 cm³/mol. The Morgan fingerprint density at radius 1 is 1.30 bits per heavy atom. The van der Waals surface area contributed by atoms with Crippen LogP contribution in [0.5, 0.6) is 0 Å². The van der Waals surface area contributed by atoms with E-state index in [-0.39, 0.29) is 23.4 Å². The van der Waals surface area contributed by atoms with Crippen molar-refractivity contribution in [2.75, 3.05) is 25.0 Å². The number of amides is 2. The van der Waals surface area contributed by atoms with Crippen LogP contribution >= 0.6 is 11.6 Å². The van der Waals surface area contributed by atoms with Gasteiger partial charge in [0.1, 0.15) is 11.9 Å². The van der Waals surface area contributed by atoms with Crippen LogP contribution in [0.4, 0.5) is 10.1 Å². The SMILES string of the molecule is C[C@H](NC(=O)CNc1ccc(F)cc1Cl)C(=O)N1CCCCC1. The molecule has 126 valence electrons. The van der Waals surface area contributed by atoms with Gasteiger partial charge < -0.3 is 15.5 Å². The van der Waals surface area contributed by atoms with Gasteiger partial charge in [0.2, 0.25) is 11.8 Å². The summed E-state index contributed by atoms with van der Waals surface area (Å²) in [5, 5.41) is 5.70. The van der Waals surface area contributed by atoms with Crippen molar-refractivity contribution in [1.29, 1.82) is 0 Å². The summed E-state index contributed by atoms with van der Waals surface area (Å²) in [4.78, 5) is 25.9. The lowest BCUT2D eigenvalue weighted by molar-refractivity contribution is -0.136. The summed E-state index contributed by atoms with van der Waals surface area (Å²) in [7, 11) is 0. The van der Waals surface area contributed by atoms with Crippen molar-refractivity contribution in [1.82, 2.24) is 10.2 Å². The van der Waals surface area contributed by atoms with Gasteiger partial charge in [-0.2, -0.15) is 0 Å². The van der Waals surface area contributed by atoms with E-state index in [0.29, 0.717) is 5.69 Å². The summed E-state index contributed by atoms with van der Waals surface area (Å²) in [6.07, 6.45) is 3.17. The fourth-order valence-electron chi connectivity index (χ4n) is 2.55.